The molecule has 0 radical (unpaired) electrons. The third kappa shape index (κ3) is 3.15. The van der Waals surface area contributed by atoms with Gasteiger partial charge in [-0.2, -0.15) is 0 Å². The van der Waals surface area contributed by atoms with Crippen molar-refractivity contribution < 1.29 is 9.47 Å². The summed E-state index contributed by atoms with van der Waals surface area (Å²) in [4.78, 5) is 2.56. The molecule has 0 aromatic heterocycles. The first-order valence-corrected chi connectivity index (χ1v) is 7.96. The standard InChI is InChI=1S/C17H25NO2/c1-3-8-16(9-4-1)19-14-7-12-18-13-15-20-17(18)10-5-2-6-11-17/h1,3-4,8-9H,2,5-7,10-15H2. The highest BCUT2D eigenvalue weighted by Gasteiger charge is 2.42. The Balaban J connectivity index is 1.43. The first-order chi connectivity index (χ1) is 9.89. The van der Waals surface area contributed by atoms with Gasteiger partial charge in [0.25, 0.3) is 0 Å². The fourth-order valence-corrected chi connectivity index (χ4v) is 3.48. The molecule has 1 saturated carbocycles. The maximum atomic E-state index is 6.09. The van der Waals surface area contributed by atoms with Crippen LogP contribution in [0.25, 0.3) is 0 Å². The maximum absolute atomic E-state index is 6.09. The molecule has 0 bridgehead atoms. The van der Waals surface area contributed by atoms with Crippen LogP contribution in [0.5, 0.6) is 5.75 Å². The molecule has 0 atom stereocenters. The van der Waals surface area contributed by atoms with Crippen molar-refractivity contribution >= 4 is 0 Å². The first kappa shape index (κ1) is 13.9. The quantitative estimate of drug-likeness (QED) is 0.768. The molecule has 2 aliphatic rings. The van der Waals surface area contributed by atoms with Crippen LogP contribution < -0.4 is 4.74 Å². The molecule has 3 rings (SSSR count). The molecule has 3 heteroatoms. The summed E-state index contributed by atoms with van der Waals surface area (Å²) < 4.78 is 11.9. The Kier molecular flexibility index (Phi) is 4.58. The lowest BCUT2D eigenvalue weighted by Gasteiger charge is -2.40. The van der Waals surface area contributed by atoms with Gasteiger partial charge in [-0.05, 0) is 44.2 Å². The molecule has 1 aliphatic carbocycles. The van der Waals surface area contributed by atoms with Crippen molar-refractivity contribution in [1.82, 2.24) is 4.90 Å². The number of hydrogen-bond donors (Lipinski definition) is 0. The molecule has 0 amide bonds. The Bertz CT molecular complexity index is 401. The Morgan fingerprint density at radius 1 is 1.10 bits per heavy atom. The summed E-state index contributed by atoms with van der Waals surface area (Å²) in [7, 11) is 0. The van der Waals surface area contributed by atoms with Crippen molar-refractivity contribution in [2.45, 2.75) is 44.2 Å². The topological polar surface area (TPSA) is 21.7 Å². The van der Waals surface area contributed by atoms with Gasteiger partial charge in [0.1, 0.15) is 11.5 Å². The van der Waals surface area contributed by atoms with E-state index in [2.05, 4.69) is 4.90 Å². The Labute approximate surface area is 121 Å². The van der Waals surface area contributed by atoms with E-state index < -0.39 is 0 Å². The zero-order chi connectivity index (χ0) is 13.7. The second-order valence-corrected chi connectivity index (χ2v) is 5.86. The fraction of sp³-hybridized carbons (Fsp3) is 0.647. The third-order valence-corrected chi connectivity index (χ3v) is 4.53. The van der Waals surface area contributed by atoms with E-state index in [1.54, 1.807) is 0 Å². The normalized spacial score (nSPS) is 22.2. The summed E-state index contributed by atoms with van der Waals surface area (Å²) in [5, 5.41) is 0. The molecule has 1 aromatic rings. The minimum absolute atomic E-state index is 0.0744. The minimum Gasteiger partial charge on any atom is -0.494 e. The van der Waals surface area contributed by atoms with Crippen molar-refractivity contribution in [3.8, 4) is 5.75 Å². The van der Waals surface area contributed by atoms with Crippen molar-refractivity contribution in [2.24, 2.45) is 0 Å². The summed E-state index contributed by atoms with van der Waals surface area (Å²) in [6.45, 7) is 3.87. The second kappa shape index (κ2) is 6.59. The van der Waals surface area contributed by atoms with E-state index in [4.69, 9.17) is 9.47 Å². The molecule has 20 heavy (non-hydrogen) atoms. The lowest BCUT2D eigenvalue weighted by molar-refractivity contribution is -0.107. The highest BCUT2D eigenvalue weighted by Crippen LogP contribution is 2.37. The van der Waals surface area contributed by atoms with Gasteiger partial charge in [-0.1, -0.05) is 24.6 Å². The summed E-state index contributed by atoms with van der Waals surface area (Å²) >= 11 is 0. The molecule has 1 heterocycles. The van der Waals surface area contributed by atoms with Crippen molar-refractivity contribution in [2.75, 3.05) is 26.3 Å². The van der Waals surface area contributed by atoms with Crippen molar-refractivity contribution in [1.29, 1.82) is 0 Å². The molecule has 1 aliphatic heterocycles. The summed E-state index contributed by atoms with van der Waals surface area (Å²) in [6, 6.07) is 10.1. The van der Waals surface area contributed by atoms with Gasteiger partial charge < -0.3 is 9.47 Å². The average Bonchev–Trinajstić information content (AvgIpc) is 2.88. The Morgan fingerprint density at radius 2 is 1.90 bits per heavy atom. The molecule has 2 fully saturated rings. The molecule has 110 valence electrons. The highest BCUT2D eigenvalue weighted by molar-refractivity contribution is 5.20. The Morgan fingerprint density at radius 3 is 2.70 bits per heavy atom. The second-order valence-electron chi connectivity index (χ2n) is 5.86. The third-order valence-electron chi connectivity index (χ3n) is 4.53. The molecule has 0 unspecified atom stereocenters. The van der Waals surface area contributed by atoms with Gasteiger partial charge in [0.05, 0.1) is 13.2 Å². The van der Waals surface area contributed by atoms with E-state index in [0.29, 0.717) is 0 Å². The van der Waals surface area contributed by atoms with Crippen LogP contribution in [0.3, 0.4) is 0 Å². The first-order valence-electron chi connectivity index (χ1n) is 7.96. The van der Waals surface area contributed by atoms with E-state index >= 15 is 0 Å². The number of hydrogen-bond acceptors (Lipinski definition) is 3. The number of rotatable bonds is 5. The van der Waals surface area contributed by atoms with Gasteiger partial charge in [0, 0.05) is 13.1 Å². The molecular formula is C17H25NO2. The molecule has 0 N–H and O–H groups in total. The molecular weight excluding hydrogens is 250 g/mol. The lowest BCUT2D eigenvalue weighted by Crippen LogP contribution is -2.47. The molecule has 1 aromatic carbocycles. The van der Waals surface area contributed by atoms with Gasteiger partial charge in [0.15, 0.2) is 0 Å². The van der Waals surface area contributed by atoms with E-state index in [9.17, 15) is 0 Å². The van der Waals surface area contributed by atoms with E-state index in [-0.39, 0.29) is 5.72 Å². The number of nitrogens with zero attached hydrogens (tertiary/aromatic N) is 1. The van der Waals surface area contributed by atoms with E-state index in [1.807, 2.05) is 30.3 Å². The molecule has 1 spiro atoms. The van der Waals surface area contributed by atoms with Crippen LogP contribution >= 0.6 is 0 Å². The number of para-hydroxylation sites is 1. The SMILES string of the molecule is c1ccc(OCCCN2CCOC23CCCCC3)cc1. The van der Waals surface area contributed by atoms with Crippen molar-refractivity contribution in [3.05, 3.63) is 30.3 Å². The van der Waals surface area contributed by atoms with Crippen LogP contribution in [0.15, 0.2) is 30.3 Å². The highest BCUT2D eigenvalue weighted by atomic mass is 16.5. The van der Waals surface area contributed by atoms with E-state index in [1.165, 1.54) is 32.1 Å². The van der Waals surface area contributed by atoms with Crippen LogP contribution in [0.1, 0.15) is 38.5 Å². The number of benzene rings is 1. The van der Waals surface area contributed by atoms with Gasteiger partial charge in [-0.15, -0.1) is 0 Å². The molecule has 1 saturated heterocycles. The number of ether oxygens (including phenoxy) is 2. The van der Waals surface area contributed by atoms with Crippen LogP contribution in [0.4, 0.5) is 0 Å². The smallest absolute Gasteiger partial charge is 0.121 e. The fourth-order valence-electron chi connectivity index (χ4n) is 3.48. The van der Waals surface area contributed by atoms with Gasteiger partial charge in [-0.25, -0.2) is 0 Å². The zero-order valence-electron chi connectivity index (χ0n) is 12.2. The predicted molar refractivity (Wildman–Crippen MR) is 79.9 cm³/mol. The average molecular weight is 275 g/mol. The molecule has 3 nitrogen and oxygen atoms in total. The minimum atomic E-state index is 0.0744. The maximum Gasteiger partial charge on any atom is 0.121 e. The van der Waals surface area contributed by atoms with Crippen LogP contribution in [-0.2, 0) is 4.74 Å². The summed E-state index contributed by atoms with van der Waals surface area (Å²) in [6.07, 6.45) is 7.50. The zero-order valence-corrected chi connectivity index (χ0v) is 12.2. The monoisotopic (exact) mass is 275 g/mol. The van der Waals surface area contributed by atoms with Crippen LogP contribution in [-0.4, -0.2) is 36.9 Å². The van der Waals surface area contributed by atoms with E-state index in [0.717, 1.165) is 38.5 Å². The Hall–Kier alpha value is -1.06. The van der Waals surface area contributed by atoms with Gasteiger partial charge in [0.2, 0.25) is 0 Å². The summed E-state index contributed by atoms with van der Waals surface area (Å²) in [5.41, 5.74) is 0.0744. The predicted octanol–water partition coefficient (Wildman–Crippen LogP) is 3.45. The van der Waals surface area contributed by atoms with Gasteiger partial charge >= 0.3 is 0 Å². The summed E-state index contributed by atoms with van der Waals surface area (Å²) in [5.74, 6) is 0.970. The lowest BCUT2D eigenvalue weighted by atomic mass is 9.90. The largest absolute Gasteiger partial charge is 0.494 e. The van der Waals surface area contributed by atoms with Gasteiger partial charge in [-0.3, -0.25) is 4.90 Å². The van der Waals surface area contributed by atoms with Crippen molar-refractivity contribution in [3.63, 3.8) is 0 Å². The van der Waals surface area contributed by atoms with Crippen LogP contribution in [0, 0.1) is 0 Å². The van der Waals surface area contributed by atoms with Crippen LogP contribution in [0.2, 0.25) is 0 Å².